The lowest BCUT2D eigenvalue weighted by Gasteiger charge is -2.36. The van der Waals surface area contributed by atoms with Gasteiger partial charge in [0.2, 0.25) is 0 Å². The van der Waals surface area contributed by atoms with E-state index in [2.05, 4.69) is 88.7 Å². The minimum atomic E-state index is -0.677. The average molecular weight is 457 g/mol. The third-order valence-electron chi connectivity index (χ3n) is 5.89. The fraction of sp³-hybridized carbons (Fsp3) is 0.154. The Bertz CT molecular complexity index is 1070. The van der Waals surface area contributed by atoms with Crippen LogP contribution in [0, 0.1) is 0 Å². The molecule has 1 aliphatic rings. The first-order chi connectivity index (χ1) is 14.7. The molecule has 0 saturated heterocycles. The van der Waals surface area contributed by atoms with Gasteiger partial charge in [-0.2, -0.15) is 5.10 Å². The van der Waals surface area contributed by atoms with Crippen LogP contribution >= 0.6 is 15.9 Å². The maximum atomic E-state index is 12.9. The Labute approximate surface area is 184 Å². The van der Waals surface area contributed by atoms with Crippen LogP contribution < -0.4 is 0 Å². The van der Waals surface area contributed by atoms with Crippen LogP contribution in [-0.2, 0) is 12.0 Å². The van der Waals surface area contributed by atoms with Gasteiger partial charge in [0.25, 0.3) is 0 Å². The van der Waals surface area contributed by atoms with Crippen LogP contribution in [0.3, 0.4) is 0 Å². The summed E-state index contributed by atoms with van der Waals surface area (Å²) in [6.07, 6.45) is 3.51. The van der Waals surface area contributed by atoms with Crippen LogP contribution in [0.25, 0.3) is 0 Å². The molecule has 1 heterocycles. The Morgan fingerprint density at radius 2 is 1.27 bits per heavy atom. The molecule has 0 radical (unpaired) electrons. The van der Waals surface area contributed by atoms with E-state index < -0.39 is 5.54 Å². The molecule has 0 aliphatic heterocycles. The third kappa shape index (κ3) is 2.94. The first-order valence-corrected chi connectivity index (χ1v) is 11.1. The topological polar surface area (TPSA) is 34.9 Å². The lowest BCUT2D eigenvalue weighted by molar-refractivity contribution is 0.0981. The largest absolute Gasteiger partial charge is 0.293 e. The second kappa shape index (κ2) is 7.69. The molecule has 30 heavy (non-hydrogen) atoms. The van der Waals surface area contributed by atoms with Crippen molar-refractivity contribution in [2.75, 3.05) is 0 Å². The SMILES string of the molecule is O=C1c2cn(C(c3ccccc3)(c3ccccc3)c3ccccc3)nc2CCC1Br. The van der Waals surface area contributed by atoms with E-state index in [9.17, 15) is 4.79 Å². The molecule has 5 rings (SSSR count). The molecule has 1 atom stereocenters. The zero-order valence-electron chi connectivity index (χ0n) is 16.4. The van der Waals surface area contributed by atoms with Crippen molar-refractivity contribution in [1.82, 2.24) is 9.78 Å². The van der Waals surface area contributed by atoms with E-state index in [0.717, 1.165) is 40.8 Å². The Morgan fingerprint density at radius 3 is 1.73 bits per heavy atom. The Morgan fingerprint density at radius 1 is 0.800 bits per heavy atom. The monoisotopic (exact) mass is 456 g/mol. The normalized spacial score (nSPS) is 16.3. The lowest BCUT2D eigenvalue weighted by Crippen LogP contribution is -2.38. The predicted molar refractivity (Wildman–Crippen MR) is 122 cm³/mol. The molecule has 0 amide bonds. The number of hydrogen-bond donors (Lipinski definition) is 0. The molecule has 1 aliphatic carbocycles. The minimum absolute atomic E-state index is 0.116. The van der Waals surface area contributed by atoms with Crippen molar-refractivity contribution in [2.45, 2.75) is 23.2 Å². The summed E-state index contributed by atoms with van der Waals surface area (Å²) in [6.45, 7) is 0. The molecule has 0 spiro atoms. The quantitative estimate of drug-likeness (QED) is 0.295. The summed E-state index contributed by atoms with van der Waals surface area (Å²) < 4.78 is 2.00. The number of halogens is 1. The van der Waals surface area contributed by atoms with Crippen molar-refractivity contribution >= 4 is 21.7 Å². The van der Waals surface area contributed by atoms with E-state index in [1.807, 2.05) is 29.1 Å². The highest BCUT2D eigenvalue weighted by Crippen LogP contribution is 2.41. The van der Waals surface area contributed by atoms with E-state index >= 15 is 0 Å². The Kier molecular flexibility index (Phi) is 4.87. The van der Waals surface area contributed by atoms with Crippen LogP contribution in [0.2, 0.25) is 0 Å². The number of benzene rings is 3. The average Bonchev–Trinajstić information content (AvgIpc) is 3.24. The van der Waals surface area contributed by atoms with Crippen LogP contribution in [-0.4, -0.2) is 20.4 Å². The van der Waals surface area contributed by atoms with Crippen LogP contribution in [0.1, 0.15) is 39.2 Å². The number of Topliss-reactive ketones (excluding diaryl/α,β-unsaturated/α-hetero) is 1. The number of hydrogen-bond acceptors (Lipinski definition) is 2. The molecule has 0 N–H and O–H groups in total. The zero-order chi connectivity index (χ0) is 20.6. The minimum Gasteiger partial charge on any atom is -0.293 e. The summed E-state index contributed by atoms with van der Waals surface area (Å²) in [7, 11) is 0. The second-order valence-electron chi connectivity index (χ2n) is 7.61. The van der Waals surface area contributed by atoms with E-state index in [1.54, 1.807) is 0 Å². The summed E-state index contributed by atoms with van der Waals surface area (Å²) in [6, 6.07) is 31.2. The summed E-state index contributed by atoms with van der Waals surface area (Å²) in [5, 5.41) is 5.01. The maximum absolute atomic E-state index is 12.9. The van der Waals surface area contributed by atoms with Crippen molar-refractivity contribution < 1.29 is 4.79 Å². The summed E-state index contributed by atoms with van der Waals surface area (Å²) in [5.74, 6) is 0.116. The molecule has 1 unspecified atom stereocenters. The Hall–Kier alpha value is -2.98. The zero-order valence-corrected chi connectivity index (χ0v) is 18.0. The summed E-state index contributed by atoms with van der Waals surface area (Å²) in [4.78, 5) is 12.7. The fourth-order valence-electron chi connectivity index (χ4n) is 4.47. The number of rotatable bonds is 4. The molecule has 1 aromatic heterocycles. The maximum Gasteiger partial charge on any atom is 0.179 e. The molecule has 4 heteroatoms. The number of fused-ring (bicyclic) bond motifs is 1. The molecular formula is C26H21BrN2O. The number of alkyl halides is 1. The number of aromatic nitrogens is 2. The van der Waals surface area contributed by atoms with Gasteiger partial charge >= 0.3 is 0 Å². The molecule has 0 fully saturated rings. The first kappa shape index (κ1) is 19.0. The van der Waals surface area contributed by atoms with Crippen molar-refractivity contribution in [1.29, 1.82) is 0 Å². The first-order valence-electron chi connectivity index (χ1n) is 10.1. The molecular weight excluding hydrogens is 436 g/mol. The molecule has 0 bridgehead atoms. The highest BCUT2D eigenvalue weighted by atomic mass is 79.9. The number of carbonyl (C=O) groups excluding carboxylic acids is 1. The van der Waals surface area contributed by atoms with E-state index in [-0.39, 0.29) is 10.6 Å². The molecule has 4 aromatic rings. The number of ketones is 1. The number of aryl methyl sites for hydroxylation is 1. The van der Waals surface area contributed by atoms with Gasteiger partial charge in [0.1, 0.15) is 5.54 Å². The van der Waals surface area contributed by atoms with Gasteiger partial charge in [-0.15, -0.1) is 0 Å². The van der Waals surface area contributed by atoms with Crippen LogP contribution in [0.4, 0.5) is 0 Å². The smallest absolute Gasteiger partial charge is 0.179 e. The highest BCUT2D eigenvalue weighted by molar-refractivity contribution is 9.10. The van der Waals surface area contributed by atoms with Gasteiger partial charge in [-0.05, 0) is 29.5 Å². The van der Waals surface area contributed by atoms with Crippen molar-refractivity contribution in [3.8, 4) is 0 Å². The van der Waals surface area contributed by atoms with Gasteiger partial charge in [-0.25, -0.2) is 0 Å². The number of nitrogens with zero attached hydrogens (tertiary/aromatic N) is 2. The lowest BCUT2D eigenvalue weighted by atomic mass is 9.77. The van der Waals surface area contributed by atoms with Gasteiger partial charge < -0.3 is 0 Å². The molecule has 3 nitrogen and oxygen atoms in total. The van der Waals surface area contributed by atoms with Gasteiger partial charge in [-0.1, -0.05) is 107 Å². The van der Waals surface area contributed by atoms with Gasteiger partial charge in [0, 0.05) is 6.20 Å². The summed E-state index contributed by atoms with van der Waals surface area (Å²) in [5.41, 5.74) is 4.22. The molecule has 3 aromatic carbocycles. The van der Waals surface area contributed by atoms with Crippen molar-refractivity contribution in [3.63, 3.8) is 0 Å². The third-order valence-corrected chi connectivity index (χ3v) is 6.77. The molecule has 148 valence electrons. The molecule has 0 saturated carbocycles. The van der Waals surface area contributed by atoms with Crippen molar-refractivity contribution in [3.05, 3.63) is 125 Å². The second-order valence-corrected chi connectivity index (χ2v) is 8.72. The standard InChI is InChI=1S/C26H21BrN2O/c27-23-16-17-24-22(25(23)30)18-29(28-24)26(19-10-4-1-5-11-19,20-12-6-2-7-13-20)21-14-8-3-9-15-21/h1-15,18,23H,16-17H2. The van der Waals surface area contributed by atoms with Crippen molar-refractivity contribution in [2.24, 2.45) is 0 Å². The Balaban J connectivity index is 1.86. The fourth-order valence-corrected chi connectivity index (χ4v) is 4.95. The van der Waals surface area contributed by atoms with E-state index in [4.69, 9.17) is 5.10 Å². The van der Waals surface area contributed by atoms with Crippen LogP contribution in [0.15, 0.2) is 97.2 Å². The summed E-state index contributed by atoms with van der Waals surface area (Å²) >= 11 is 3.53. The van der Waals surface area contributed by atoms with E-state index in [1.165, 1.54) is 0 Å². The number of carbonyl (C=O) groups is 1. The van der Waals surface area contributed by atoms with Gasteiger partial charge in [0.05, 0.1) is 16.1 Å². The van der Waals surface area contributed by atoms with Gasteiger partial charge in [0.15, 0.2) is 5.78 Å². The van der Waals surface area contributed by atoms with E-state index in [0.29, 0.717) is 0 Å². The highest BCUT2D eigenvalue weighted by Gasteiger charge is 2.41. The van der Waals surface area contributed by atoms with Gasteiger partial charge in [-0.3, -0.25) is 9.48 Å². The predicted octanol–water partition coefficient (Wildman–Crippen LogP) is 5.62. The van der Waals surface area contributed by atoms with Crippen LogP contribution in [0.5, 0.6) is 0 Å².